The Balaban J connectivity index is 2.30. The summed E-state index contributed by atoms with van der Waals surface area (Å²) in [5, 5.41) is 1.67. The van der Waals surface area contributed by atoms with Crippen molar-refractivity contribution in [2.75, 3.05) is 0 Å². The van der Waals surface area contributed by atoms with Crippen LogP contribution in [0.5, 0.6) is 0 Å². The van der Waals surface area contributed by atoms with Gasteiger partial charge in [-0.2, -0.15) is 0 Å². The van der Waals surface area contributed by atoms with E-state index in [2.05, 4.69) is 35.0 Å². The topological polar surface area (TPSA) is 17.1 Å². The summed E-state index contributed by atoms with van der Waals surface area (Å²) < 4.78 is 2.12. The molecule has 0 saturated heterocycles. The zero-order chi connectivity index (χ0) is 13.4. The highest BCUT2D eigenvalue weighted by Crippen LogP contribution is 2.25. The molecule has 3 rings (SSSR count). The largest absolute Gasteiger partial charge is 0.289 e. The van der Waals surface area contributed by atoms with Gasteiger partial charge in [0.15, 0.2) is 5.43 Å². The van der Waals surface area contributed by atoms with Crippen molar-refractivity contribution in [1.29, 1.82) is 0 Å². The molecule has 1 nitrogen and oxygen atoms in total. The lowest BCUT2D eigenvalue weighted by Crippen LogP contribution is -2.03. The Labute approximate surface area is 124 Å². The maximum absolute atomic E-state index is 12.5. The SMILES string of the molecule is CC(Br)Cc1ccc2sc3ccccc3c(=O)c2c1. The first-order valence-electron chi connectivity index (χ1n) is 6.24. The lowest BCUT2D eigenvalue weighted by Gasteiger charge is -2.06. The van der Waals surface area contributed by atoms with Gasteiger partial charge in [0.25, 0.3) is 0 Å². The first-order valence-corrected chi connectivity index (χ1v) is 7.97. The van der Waals surface area contributed by atoms with E-state index in [4.69, 9.17) is 0 Å². The number of halogens is 1. The van der Waals surface area contributed by atoms with Gasteiger partial charge in [-0.25, -0.2) is 0 Å². The molecule has 0 saturated carbocycles. The maximum Gasteiger partial charge on any atom is 0.195 e. The van der Waals surface area contributed by atoms with Gasteiger partial charge in [-0.05, 0) is 36.2 Å². The second kappa shape index (κ2) is 5.06. The highest BCUT2D eigenvalue weighted by Gasteiger charge is 2.07. The molecular formula is C16H13BrOS. The zero-order valence-electron chi connectivity index (χ0n) is 10.5. The van der Waals surface area contributed by atoms with Gasteiger partial charge in [0, 0.05) is 25.0 Å². The van der Waals surface area contributed by atoms with Crippen molar-refractivity contribution < 1.29 is 0 Å². The lowest BCUT2D eigenvalue weighted by molar-refractivity contribution is 0.962. The van der Waals surface area contributed by atoms with Gasteiger partial charge in [-0.3, -0.25) is 4.79 Å². The molecule has 0 aliphatic rings. The van der Waals surface area contributed by atoms with Gasteiger partial charge in [0.1, 0.15) is 0 Å². The van der Waals surface area contributed by atoms with Crippen molar-refractivity contribution >= 4 is 47.4 Å². The minimum atomic E-state index is 0.147. The fraction of sp³-hybridized carbons (Fsp3) is 0.188. The molecule has 0 N–H and O–H groups in total. The second-order valence-electron chi connectivity index (χ2n) is 4.74. The molecule has 0 fully saturated rings. The van der Waals surface area contributed by atoms with Gasteiger partial charge in [-0.15, -0.1) is 11.3 Å². The van der Waals surface area contributed by atoms with Crippen LogP contribution in [0.4, 0.5) is 0 Å². The van der Waals surface area contributed by atoms with Gasteiger partial charge in [0.2, 0.25) is 0 Å². The Hall–Kier alpha value is -1.19. The summed E-state index contributed by atoms with van der Waals surface area (Å²) >= 11 is 5.24. The molecule has 3 heteroatoms. The maximum atomic E-state index is 12.5. The highest BCUT2D eigenvalue weighted by molar-refractivity contribution is 9.09. The van der Waals surface area contributed by atoms with E-state index < -0.39 is 0 Å². The van der Waals surface area contributed by atoms with Gasteiger partial charge < -0.3 is 0 Å². The number of hydrogen-bond donors (Lipinski definition) is 0. The normalized spacial score (nSPS) is 12.9. The Morgan fingerprint density at radius 1 is 1.11 bits per heavy atom. The van der Waals surface area contributed by atoms with E-state index in [1.54, 1.807) is 11.3 Å². The van der Waals surface area contributed by atoms with E-state index in [0.29, 0.717) is 4.83 Å². The summed E-state index contributed by atoms with van der Waals surface area (Å²) in [7, 11) is 0. The molecule has 1 heterocycles. The standard InChI is InChI=1S/C16H13BrOS/c1-10(17)8-11-6-7-15-13(9-11)16(18)12-4-2-3-5-14(12)19-15/h2-7,9-10H,8H2,1H3. The molecule has 1 atom stereocenters. The van der Waals surface area contributed by atoms with Crippen LogP contribution in [0.15, 0.2) is 47.3 Å². The molecule has 0 aliphatic carbocycles. The van der Waals surface area contributed by atoms with Crippen LogP contribution in [0, 0.1) is 0 Å². The van der Waals surface area contributed by atoms with Crippen molar-refractivity contribution in [1.82, 2.24) is 0 Å². The third-order valence-electron chi connectivity index (χ3n) is 3.16. The summed E-state index contributed by atoms with van der Waals surface area (Å²) in [4.78, 5) is 12.9. The Morgan fingerprint density at radius 2 is 1.84 bits per heavy atom. The predicted molar refractivity (Wildman–Crippen MR) is 87.7 cm³/mol. The van der Waals surface area contributed by atoms with Crippen LogP contribution in [0.1, 0.15) is 12.5 Å². The van der Waals surface area contributed by atoms with Gasteiger partial charge >= 0.3 is 0 Å². The van der Waals surface area contributed by atoms with Crippen LogP contribution in [-0.4, -0.2) is 4.83 Å². The van der Waals surface area contributed by atoms with Crippen molar-refractivity contribution in [2.24, 2.45) is 0 Å². The third kappa shape index (κ3) is 2.45. The summed E-state index contributed by atoms with van der Waals surface area (Å²) in [5.74, 6) is 0. The predicted octanol–water partition coefficient (Wildman–Crippen LogP) is 4.74. The average molecular weight is 333 g/mol. The van der Waals surface area contributed by atoms with Crippen molar-refractivity contribution in [3.63, 3.8) is 0 Å². The Bertz CT molecular complexity index is 805. The smallest absolute Gasteiger partial charge is 0.195 e. The molecule has 3 aromatic rings. The third-order valence-corrected chi connectivity index (χ3v) is 4.63. The van der Waals surface area contributed by atoms with E-state index in [0.717, 1.165) is 26.6 Å². The first kappa shape index (κ1) is 12.8. The monoisotopic (exact) mass is 332 g/mol. The number of benzene rings is 2. The molecule has 19 heavy (non-hydrogen) atoms. The summed E-state index contributed by atoms with van der Waals surface area (Å²) in [5.41, 5.74) is 1.35. The fourth-order valence-corrected chi connectivity index (χ4v) is 3.73. The number of fused-ring (bicyclic) bond motifs is 2. The zero-order valence-corrected chi connectivity index (χ0v) is 12.9. The minimum absolute atomic E-state index is 0.147. The van der Waals surface area contributed by atoms with Gasteiger partial charge in [-0.1, -0.05) is 41.1 Å². The quantitative estimate of drug-likeness (QED) is 0.489. The summed E-state index contributed by atoms with van der Waals surface area (Å²) in [6.45, 7) is 2.12. The first-order chi connectivity index (χ1) is 9.15. The summed E-state index contributed by atoms with van der Waals surface area (Å²) in [6, 6.07) is 14.0. The Morgan fingerprint density at radius 3 is 2.63 bits per heavy atom. The van der Waals surface area contributed by atoms with Crippen LogP contribution >= 0.6 is 27.3 Å². The molecule has 2 aromatic carbocycles. The molecule has 1 unspecified atom stereocenters. The lowest BCUT2D eigenvalue weighted by atomic mass is 10.1. The van der Waals surface area contributed by atoms with Crippen molar-refractivity contribution in [2.45, 2.75) is 18.2 Å². The summed E-state index contributed by atoms with van der Waals surface area (Å²) in [6.07, 6.45) is 0.937. The minimum Gasteiger partial charge on any atom is -0.289 e. The number of alkyl halides is 1. The molecule has 0 amide bonds. The Kier molecular flexibility index (Phi) is 3.42. The van der Waals surface area contributed by atoms with Crippen LogP contribution < -0.4 is 5.43 Å². The van der Waals surface area contributed by atoms with Crippen molar-refractivity contribution in [3.8, 4) is 0 Å². The van der Waals surface area contributed by atoms with E-state index in [1.165, 1.54) is 5.56 Å². The molecule has 96 valence electrons. The van der Waals surface area contributed by atoms with Crippen LogP contribution in [0.2, 0.25) is 0 Å². The number of hydrogen-bond acceptors (Lipinski definition) is 2. The van der Waals surface area contributed by atoms with Crippen LogP contribution in [0.3, 0.4) is 0 Å². The number of rotatable bonds is 2. The molecule has 0 radical (unpaired) electrons. The van der Waals surface area contributed by atoms with Crippen LogP contribution in [0.25, 0.3) is 20.2 Å². The molecule has 0 bridgehead atoms. The highest BCUT2D eigenvalue weighted by atomic mass is 79.9. The molecule has 0 spiro atoms. The van der Waals surface area contributed by atoms with E-state index in [9.17, 15) is 4.79 Å². The fourth-order valence-electron chi connectivity index (χ4n) is 2.30. The van der Waals surface area contributed by atoms with E-state index in [-0.39, 0.29) is 5.43 Å². The molecule has 1 aromatic heterocycles. The van der Waals surface area contributed by atoms with E-state index in [1.807, 2.05) is 30.3 Å². The van der Waals surface area contributed by atoms with Crippen molar-refractivity contribution in [3.05, 3.63) is 58.3 Å². The van der Waals surface area contributed by atoms with Crippen LogP contribution in [-0.2, 0) is 6.42 Å². The van der Waals surface area contributed by atoms with E-state index >= 15 is 0 Å². The average Bonchev–Trinajstić information content (AvgIpc) is 2.39. The molecular weight excluding hydrogens is 320 g/mol. The van der Waals surface area contributed by atoms with Gasteiger partial charge in [0.05, 0.1) is 0 Å². The molecule has 0 aliphatic heterocycles. The second-order valence-corrected chi connectivity index (χ2v) is 7.39.